The van der Waals surface area contributed by atoms with E-state index in [-0.39, 0.29) is 12.5 Å². The molecule has 1 saturated heterocycles. The van der Waals surface area contributed by atoms with Crippen molar-refractivity contribution in [2.45, 2.75) is 50.7 Å². The van der Waals surface area contributed by atoms with E-state index in [9.17, 15) is 9.59 Å². The lowest BCUT2D eigenvalue weighted by Crippen LogP contribution is -2.57. The van der Waals surface area contributed by atoms with Crippen LogP contribution in [0.1, 0.15) is 25.8 Å². The third-order valence-corrected chi connectivity index (χ3v) is 7.02. The number of methoxy groups -OCH3 is 1. The summed E-state index contributed by atoms with van der Waals surface area (Å²) in [5.41, 5.74) is 0.913. The maximum atomic E-state index is 12.8. The van der Waals surface area contributed by atoms with Gasteiger partial charge in [-0.1, -0.05) is 30.3 Å². The molecule has 3 heterocycles. The van der Waals surface area contributed by atoms with Crippen molar-refractivity contribution in [2.24, 2.45) is 11.8 Å². The van der Waals surface area contributed by atoms with Crippen LogP contribution in [0.4, 0.5) is 10.5 Å². The van der Waals surface area contributed by atoms with E-state index >= 15 is 0 Å². The summed E-state index contributed by atoms with van der Waals surface area (Å²) in [6.07, 6.45) is 3.92. The minimum absolute atomic E-state index is 0.109. The third-order valence-electron chi connectivity index (χ3n) is 7.02. The highest BCUT2D eigenvalue weighted by Gasteiger charge is 2.68. The number of fused-ring (bicyclic) bond motifs is 3. The maximum absolute atomic E-state index is 12.8. The molecule has 5 atom stereocenters. The number of nitrogens with one attached hydrogen (secondary N) is 2. The van der Waals surface area contributed by atoms with Crippen LogP contribution in [-0.4, -0.2) is 54.4 Å². The Morgan fingerprint density at radius 1 is 1.16 bits per heavy atom. The van der Waals surface area contributed by atoms with Gasteiger partial charge in [-0.05, 0) is 38.0 Å². The molecule has 2 aliphatic heterocycles. The van der Waals surface area contributed by atoms with Gasteiger partial charge in [-0.25, -0.2) is 9.59 Å². The fourth-order valence-electron chi connectivity index (χ4n) is 5.60. The van der Waals surface area contributed by atoms with E-state index in [1.165, 1.54) is 13.4 Å². The number of anilines is 1. The zero-order valence-electron chi connectivity index (χ0n) is 21.0. The summed E-state index contributed by atoms with van der Waals surface area (Å²) in [6.45, 7) is 4.07. The minimum atomic E-state index is -1.02. The Morgan fingerprint density at radius 2 is 1.97 bits per heavy atom. The molecule has 37 heavy (non-hydrogen) atoms. The SMILES string of the molecule is COC(=O)C1=CO[C@H](OCc2ccccc2)[C@H]2[C@@H]1CC1OC(C)(C)OC12CNC(=O)Nc1cccnc1. The molecule has 2 amide bonds. The number of pyridine rings is 1. The minimum Gasteiger partial charge on any atom is -0.472 e. The van der Waals surface area contributed by atoms with Gasteiger partial charge in [0.25, 0.3) is 0 Å². The first-order valence-electron chi connectivity index (χ1n) is 12.2. The molecule has 5 rings (SSSR count). The van der Waals surface area contributed by atoms with Crippen LogP contribution in [-0.2, 0) is 35.1 Å². The molecule has 1 aromatic heterocycles. The predicted molar refractivity (Wildman–Crippen MR) is 132 cm³/mol. The molecule has 0 spiro atoms. The van der Waals surface area contributed by atoms with Gasteiger partial charge in [0.15, 0.2) is 5.79 Å². The van der Waals surface area contributed by atoms with E-state index in [0.717, 1.165) is 5.56 Å². The number of esters is 1. The Kier molecular flexibility index (Phi) is 6.89. The monoisotopic (exact) mass is 509 g/mol. The lowest BCUT2D eigenvalue weighted by Gasteiger charge is -2.42. The van der Waals surface area contributed by atoms with Crippen molar-refractivity contribution in [3.63, 3.8) is 0 Å². The van der Waals surface area contributed by atoms with Gasteiger partial charge in [-0.15, -0.1) is 0 Å². The molecule has 0 radical (unpaired) electrons. The van der Waals surface area contributed by atoms with Crippen LogP contribution >= 0.6 is 0 Å². The summed E-state index contributed by atoms with van der Waals surface area (Å²) in [7, 11) is 1.34. The molecule has 2 N–H and O–H groups in total. The molecule has 1 aromatic carbocycles. The number of ether oxygens (including phenoxy) is 5. The van der Waals surface area contributed by atoms with Crippen molar-refractivity contribution in [1.29, 1.82) is 0 Å². The quantitative estimate of drug-likeness (QED) is 0.546. The van der Waals surface area contributed by atoms with E-state index in [2.05, 4.69) is 15.6 Å². The number of hydrogen-bond acceptors (Lipinski definition) is 8. The van der Waals surface area contributed by atoms with Crippen molar-refractivity contribution < 1.29 is 33.3 Å². The van der Waals surface area contributed by atoms with E-state index in [1.807, 2.05) is 44.2 Å². The molecule has 2 unspecified atom stereocenters. The first kappa shape index (κ1) is 25.2. The Hall–Kier alpha value is -3.47. The van der Waals surface area contributed by atoms with Crippen molar-refractivity contribution in [1.82, 2.24) is 10.3 Å². The van der Waals surface area contributed by atoms with Gasteiger partial charge in [0.1, 0.15) is 5.60 Å². The van der Waals surface area contributed by atoms with Crippen molar-refractivity contribution >= 4 is 17.7 Å². The number of amides is 2. The summed E-state index contributed by atoms with van der Waals surface area (Å²) in [4.78, 5) is 29.4. The molecule has 1 aliphatic carbocycles. The second-order valence-corrected chi connectivity index (χ2v) is 9.85. The zero-order valence-corrected chi connectivity index (χ0v) is 21.0. The van der Waals surface area contributed by atoms with Crippen molar-refractivity contribution in [2.75, 3.05) is 19.0 Å². The van der Waals surface area contributed by atoms with Crippen molar-refractivity contribution in [3.8, 4) is 0 Å². The third kappa shape index (κ3) is 5.04. The fraction of sp³-hybridized carbons (Fsp3) is 0.444. The summed E-state index contributed by atoms with van der Waals surface area (Å²) in [5, 5.41) is 5.70. The molecular weight excluding hydrogens is 478 g/mol. The van der Waals surface area contributed by atoms with Gasteiger partial charge in [-0.2, -0.15) is 0 Å². The highest BCUT2D eigenvalue weighted by atomic mass is 16.8. The number of nitrogens with zero attached hydrogens (tertiary/aromatic N) is 1. The first-order chi connectivity index (χ1) is 17.8. The number of carbonyl (C=O) groups is 2. The first-order valence-corrected chi connectivity index (χ1v) is 12.2. The van der Waals surface area contributed by atoms with Crippen LogP contribution in [0.15, 0.2) is 66.7 Å². The van der Waals surface area contributed by atoms with Crippen molar-refractivity contribution in [3.05, 3.63) is 72.3 Å². The number of carbonyl (C=O) groups excluding carboxylic acids is 2. The van der Waals surface area contributed by atoms with Gasteiger partial charge < -0.3 is 34.3 Å². The number of rotatable bonds is 7. The number of hydrogen-bond donors (Lipinski definition) is 2. The summed E-state index contributed by atoms with van der Waals surface area (Å²) in [5.74, 6) is -2.16. The fourth-order valence-corrected chi connectivity index (χ4v) is 5.60. The van der Waals surface area contributed by atoms with Crippen LogP contribution < -0.4 is 10.6 Å². The molecule has 3 aliphatic rings. The standard InChI is InChI=1S/C27H31N3O7/c1-26(2)36-21-12-19-20(23(31)33-3)15-35-24(34-14-17-8-5-4-6-9-17)22(19)27(21,37-26)16-29-25(32)30-18-10-7-11-28-13-18/h4-11,13,15,19,21-22,24H,12,14,16H2,1-3H3,(H2,29,30,32)/t19-,21?,22-,24+,27?/m1/s1. The Labute approximate surface area is 215 Å². The number of urea groups is 1. The van der Waals surface area contributed by atoms with E-state index in [4.69, 9.17) is 23.7 Å². The number of aromatic nitrogens is 1. The highest BCUT2D eigenvalue weighted by molar-refractivity contribution is 5.89. The summed E-state index contributed by atoms with van der Waals surface area (Å²) in [6, 6.07) is 12.8. The molecule has 1 saturated carbocycles. The predicted octanol–water partition coefficient (Wildman–Crippen LogP) is 3.36. The molecule has 10 nitrogen and oxygen atoms in total. The van der Waals surface area contributed by atoms with Crippen LogP contribution in [0.3, 0.4) is 0 Å². The van der Waals surface area contributed by atoms with E-state index in [1.54, 1.807) is 24.5 Å². The second kappa shape index (κ2) is 10.1. The highest BCUT2D eigenvalue weighted by Crippen LogP contribution is 2.57. The molecule has 2 fully saturated rings. The summed E-state index contributed by atoms with van der Waals surface area (Å²) >= 11 is 0. The Balaban J connectivity index is 1.42. The van der Waals surface area contributed by atoms with Crippen LogP contribution in [0.25, 0.3) is 0 Å². The normalized spacial score (nSPS) is 29.3. The van der Waals surface area contributed by atoms with E-state index < -0.39 is 41.7 Å². The smallest absolute Gasteiger partial charge is 0.337 e. The average molecular weight is 510 g/mol. The average Bonchev–Trinajstić information content (AvgIpc) is 3.33. The largest absolute Gasteiger partial charge is 0.472 e. The molecule has 10 heteroatoms. The van der Waals surface area contributed by atoms with Crippen LogP contribution in [0.5, 0.6) is 0 Å². The van der Waals surface area contributed by atoms with Crippen LogP contribution in [0.2, 0.25) is 0 Å². The Morgan fingerprint density at radius 3 is 2.70 bits per heavy atom. The lowest BCUT2D eigenvalue weighted by molar-refractivity contribution is -0.233. The van der Waals surface area contributed by atoms with Gasteiger partial charge >= 0.3 is 12.0 Å². The Bertz CT molecular complexity index is 1160. The maximum Gasteiger partial charge on any atom is 0.337 e. The lowest BCUT2D eigenvalue weighted by atomic mass is 9.79. The van der Waals surface area contributed by atoms with E-state index in [0.29, 0.717) is 24.3 Å². The van der Waals surface area contributed by atoms with Gasteiger partial charge in [0, 0.05) is 12.1 Å². The molecule has 0 bridgehead atoms. The molecule has 2 aromatic rings. The van der Waals surface area contributed by atoms with Crippen LogP contribution in [0, 0.1) is 11.8 Å². The summed E-state index contributed by atoms with van der Waals surface area (Å²) < 4.78 is 30.1. The van der Waals surface area contributed by atoms with Gasteiger partial charge in [0.05, 0.1) is 56.0 Å². The molecule has 196 valence electrons. The topological polar surface area (TPSA) is 117 Å². The molecular formula is C27H31N3O7. The second-order valence-electron chi connectivity index (χ2n) is 9.85. The number of benzene rings is 1. The zero-order chi connectivity index (χ0) is 26.0. The van der Waals surface area contributed by atoms with Gasteiger partial charge in [0.2, 0.25) is 6.29 Å². The van der Waals surface area contributed by atoms with Gasteiger partial charge in [-0.3, -0.25) is 4.98 Å².